The molecule has 0 saturated heterocycles. The Morgan fingerprint density at radius 3 is 2.73 bits per heavy atom. The molecular weight excluding hydrogens is 384 g/mol. The van der Waals surface area contributed by atoms with E-state index in [1.807, 2.05) is 42.5 Å². The van der Waals surface area contributed by atoms with Gasteiger partial charge in [0.2, 0.25) is 11.8 Å². The van der Waals surface area contributed by atoms with Gasteiger partial charge in [-0.25, -0.2) is 0 Å². The van der Waals surface area contributed by atoms with Crippen molar-refractivity contribution in [1.82, 2.24) is 10.6 Å². The fraction of sp³-hybridized carbons (Fsp3) is 0.522. The second-order valence-electron chi connectivity index (χ2n) is 7.66. The molecule has 3 atom stereocenters. The molecule has 2 amide bonds. The molecule has 1 heterocycles. The van der Waals surface area contributed by atoms with E-state index in [2.05, 4.69) is 10.6 Å². The predicted octanol–water partition coefficient (Wildman–Crippen LogP) is 2.41. The van der Waals surface area contributed by atoms with Crippen LogP contribution < -0.4 is 10.6 Å². The van der Waals surface area contributed by atoms with Gasteiger partial charge < -0.3 is 20.5 Å². The molecule has 3 N–H and O–H groups in total. The van der Waals surface area contributed by atoms with E-state index in [4.69, 9.17) is 9.84 Å². The molecule has 0 bridgehead atoms. The zero-order chi connectivity index (χ0) is 21.8. The second kappa shape index (κ2) is 12.8. The van der Waals surface area contributed by atoms with Gasteiger partial charge in [-0.15, -0.1) is 0 Å². The molecule has 30 heavy (non-hydrogen) atoms. The molecule has 0 saturated carbocycles. The summed E-state index contributed by atoms with van der Waals surface area (Å²) in [6, 6.07) is 8.47. The molecule has 0 fully saturated rings. The Bertz CT molecular complexity index is 720. The summed E-state index contributed by atoms with van der Waals surface area (Å²) in [5, 5.41) is 14.8. The van der Waals surface area contributed by atoms with E-state index < -0.39 is 12.0 Å². The summed E-state index contributed by atoms with van der Waals surface area (Å²) < 4.78 is 5.41. The Labute approximate surface area is 177 Å². The lowest BCUT2D eigenvalue weighted by molar-refractivity contribution is -0.145. The number of aliphatic hydroxyl groups excluding tert-OH is 1. The first-order valence-corrected chi connectivity index (χ1v) is 10.6. The molecule has 2 rings (SSSR count). The number of carbonyl (C=O) groups is 3. The summed E-state index contributed by atoms with van der Waals surface area (Å²) in [6.07, 6.45) is 7.14. The summed E-state index contributed by atoms with van der Waals surface area (Å²) in [5.41, 5.74) is 0.832. The van der Waals surface area contributed by atoms with E-state index in [1.165, 1.54) is 0 Å². The average Bonchev–Trinajstić information content (AvgIpc) is 2.74. The Morgan fingerprint density at radius 2 is 2.00 bits per heavy atom. The molecule has 1 aliphatic rings. The SMILES string of the molecule is C[C@H](CO)NC(=O)C[C@H]1CC=CCCCCC(=O)OC[C@@H](c2ccccc2)NC1=O. The quantitative estimate of drug-likeness (QED) is 0.505. The van der Waals surface area contributed by atoms with Gasteiger partial charge in [0, 0.05) is 18.9 Å². The topological polar surface area (TPSA) is 105 Å². The molecule has 7 heteroatoms. The van der Waals surface area contributed by atoms with E-state index in [0.29, 0.717) is 12.8 Å². The number of hydrogen-bond donors (Lipinski definition) is 3. The highest BCUT2D eigenvalue weighted by Crippen LogP contribution is 2.18. The molecule has 0 aliphatic carbocycles. The third-order valence-corrected chi connectivity index (χ3v) is 5.00. The molecule has 1 aromatic rings. The maximum Gasteiger partial charge on any atom is 0.305 e. The van der Waals surface area contributed by atoms with Gasteiger partial charge in [0.05, 0.1) is 18.6 Å². The van der Waals surface area contributed by atoms with Crippen molar-refractivity contribution in [3.8, 4) is 0 Å². The number of rotatable bonds is 5. The van der Waals surface area contributed by atoms with Gasteiger partial charge in [-0.3, -0.25) is 14.4 Å². The summed E-state index contributed by atoms with van der Waals surface area (Å²) in [4.78, 5) is 37.4. The van der Waals surface area contributed by atoms with Crippen molar-refractivity contribution in [3.63, 3.8) is 0 Å². The van der Waals surface area contributed by atoms with Gasteiger partial charge in [-0.1, -0.05) is 42.5 Å². The highest BCUT2D eigenvalue weighted by atomic mass is 16.5. The van der Waals surface area contributed by atoms with Crippen molar-refractivity contribution in [1.29, 1.82) is 0 Å². The number of benzene rings is 1. The van der Waals surface area contributed by atoms with Gasteiger partial charge in [-0.2, -0.15) is 0 Å². The Kier molecular flexibility index (Phi) is 10.1. The number of aliphatic hydroxyl groups is 1. The summed E-state index contributed by atoms with van der Waals surface area (Å²) >= 11 is 0. The number of cyclic esters (lactones) is 1. The van der Waals surface area contributed by atoms with Crippen molar-refractivity contribution >= 4 is 17.8 Å². The summed E-state index contributed by atoms with van der Waals surface area (Å²) in [6.45, 7) is 1.58. The zero-order valence-electron chi connectivity index (χ0n) is 17.5. The van der Waals surface area contributed by atoms with Gasteiger partial charge in [-0.05, 0) is 38.2 Å². The maximum absolute atomic E-state index is 13.0. The van der Waals surface area contributed by atoms with Crippen LogP contribution in [0.25, 0.3) is 0 Å². The highest BCUT2D eigenvalue weighted by molar-refractivity contribution is 5.86. The number of ether oxygens (including phenoxy) is 1. The number of hydrogen-bond acceptors (Lipinski definition) is 5. The lowest BCUT2D eigenvalue weighted by Crippen LogP contribution is -2.40. The van der Waals surface area contributed by atoms with Crippen LogP contribution in [-0.4, -0.2) is 42.1 Å². The second-order valence-corrected chi connectivity index (χ2v) is 7.66. The van der Waals surface area contributed by atoms with Gasteiger partial charge in [0.15, 0.2) is 0 Å². The van der Waals surface area contributed by atoms with Crippen LogP contribution in [0, 0.1) is 5.92 Å². The fourth-order valence-corrected chi connectivity index (χ4v) is 3.24. The Morgan fingerprint density at radius 1 is 1.23 bits per heavy atom. The van der Waals surface area contributed by atoms with Crippen LogP contribution in [0.3, 0.4) is 0 Å². The van der Waals surface area contributed by atoms with Crippen LogP contribution in [0.1, 0.15) is 57.1 Å². The molecule has 1 aromatic carbocycles. The molecule has 164 valence electrons. The first kappa shape index (κ1) is 23.6. The van der Waals surface area contributed by atoms with E-state index in [9.17, 15) is 14.4 Å². The lowest BCUT2D eigenvalue weighted by atomic mass is 9.97. The third kappa shape index (κ3) is 8.37. The fourth-order valence-electron chi connectivity index (χ4n) is 3.24. The van der Waals surface area contributed by atoms with Crippen molar-refractivity contribution in [2.24, 2.45) is 5.92 Å². The van der Waals surface area contributed by atoms with Crippen LogP contribution in [0.5, 0.6) is 0 Å². The van der Waals surface area contributed by atoms with Crippen molar-refractivity contribution < 1.29 is 24.2 Å². The standard InChI is InChI=1S/C23H32N2O5/c1-17(15-26)24-21(27)14-19-12-6-3-2-4-9-13-22(28)30-16-20(25-23(19)29)18-10-7-5-8-11-18/h3,5-8,10-11,17,19-20,26H,2,4,9,12-16H2,1H3,(H,24,27)(H,25,29)/t17-,19-,20+/m1/s1. The predicted molar refractivity (Wildman–Crippen MR) is 113 cm³/mol. The number of amides is 2. The molecule has 7 nitrogen and oxygen atoms in total. The highest BCUT2D eigenvalue weighted by Gasteiger charge is 2.25. The largest absolute Gasteiger partial charge is 0.463 e. The maximum atomic E-state index is 13.0. The van der Waals surface area contributed by atoms with Crippen molar-refractivity contribution in [3.05, 3.63) is 48.0 Å². The van der Waals surface area contributed by atoms with Crippen LogP contribution in [0.4, 0.5) is 0 Å². The van der Waals surface area contributed by atoms with Gasteiger partial charge in [0.1, 0.15) is 6.61 Å². The minimum Gasteiger partial charge on any atom is -0.463 e. The monoisotopic (exact) mass is 416 g/mol. The first-order chi connectivity index (χ1) is 14.5. The van der Waals surface area contributed by atoms with E-state index in [0.717, 1.165) is 24.8 Å². The van der Waals surface area contributed by atoms with Crippen LogP contribution in [0.2, 0.25) is 0 Å². The number of allylic oxidation sites excluding steroid dienone is 2. The van der Waals surface area contributed by atoms with Crippen molar-refractivity contribution in [2.75, 3.05) is 13.2 Å². The minimum atomic E-state index is -0.558. The average molecular weight is 417 g/mol. The number of carbonyl (C=O) groups excluding carboxylic acids is 3. The Hall–Kier alpha value is -2.67. The van der Waals surface area contributed by atoms with Crippen molar-refractivity contribution in [2.45, 2.75) is 57.5 Å². The van der Waals surface area contributed by atoms with E-state index in [-0.39, 0.29) is 43.5 Å². The zero-order valence-corrected chi connectivity index (χ0v) is 17.5. The molecule has 0 aromatic heterocycles. The van der Waals surface area contributed by atoms with Crippen LogP contribution in [-0.2, 0) is 19.1 Å². The van der Waals surface area contributed by atoms with Gasteiger partial charge >= 0.3 is 5.97 Å². The van der Waals surface area contributed by atoms with Crippen LogP contribution >= 0.6 is 0 Å². The van der Waals surface area contributed by atoms with E-state index in [1.54, 1.807) is 6.92 Å². The summed E-state index contributed by atoms with van der Waals surface area (Å²) in [5.74, 6) is -1.39. The smallest absolute Gasteiger partial charge is 0.305 e. The Balaban J connectivity index is 2.17. The lowest BCUT2D eigenvalue weighted by Gasteiger charge is -2.23. The normalized spacial score (nSPS) is 22.3. The third-order valence-electron chi connectivity index (χ3n) is 5.00. The molecule has 1 aliphatic heterocycles. The van der Waals surface area contributed by atoms with Crippen LogP contribution in [0.15, 0.2) is 42.5 Å². The number of esters is 1. The first-order valence-electron chi connectivity index (χ1n) is 10.6. The summed E-state index contributed by atoms with van der Waals surface area (Å²) in [7, 11) is 0. The molecule has 0 unspecified atom stereocenters. The van der Waals surface area contributed by atoms with E-state index >= 15 is 0 Å². The molecular formula is C23H32N2O5. The molecule has 0 radical (unpaired) electrons. The minimum absolute atomic E-state index is 0.0157. The molecule has 0 spiro atoms. The van der Waals surface area contributed by atoms with Gasteiger partial charge in [0.25, 0.3) is 0 Å². The number of nitrogens with one attached hydrogen (secondary N) is 2.